The van der Waals surface area contributed by atoms with E-state index in [2.05, 4.69) is 10.6 Å². The van der Waals surface area contributed by atoms with Crippen molar-refractivity contribution < 1.29 is 23.5 Å². The first kappa shape index (κ1) is 21.7. The Hall–Kier alpha value is -4.00. The molecule has 0 aliphatic heterocycles. The number of rotatable bonds is 8. The van der Waals surface area contributed by atoms with Crippen LogP contribution in [0.4, 0.5) is 0 Å². The van der Waals surface area contributed by atoms with Crippen molar-refractivity contribution >= 4 is 17.9 Å². The second kappa shape index (κ2) is 10.2. The fraction of sp³-hybridized carbons (Fsp3) is 0.167. The molecular formula is C24H24N2O5. The van der Waals surface area contributed by atoms with Crippen molar-refractivity contribution in [2.24, 2.45) is 0 Å². The van der Waals surface area contributed by atoms with E-state index in [1.54, 1.807) is 50.6 Å². The summed E-state index contributed by atoms with van der Waals surface area (Å²) < 4.78 is 15.6. The lowest BCUT2D eigenvalue weighted by molar-refractivity contribution is -0.118. The molecule has 0 aliphatic carbocycles. The predicted molar refractivity (Wildman–Crippen MR) is 117 cm³/mol. The van der Waals surface area contributed by atoms with E-state index in [0.29, 0.717) is 17.1 Å². The third-order valence-electron chi connectivity index (χ3n) is 4.64. The van der Waals surface area contributed by atoms with Gasteiger partial charge in [0.2, 0.25) is 0 Å². The highest BCUT2D eigenvalue weighted by Gasteiger charge is 2.18. The summed E-state index contributed by atoms with van der Waals surface area (Å²) in [4.78, 5) is 25.7. The van der Waals surface area contributed by atoms with Crippen molar-refractivity contribution in [1.29, 1.82) is 0 Å². The number of carbonyl (C=O) groups excluding carboxylic acids is 2. The molecule has 1 aromatic heterocycles. The van der Waals surface area contributed by atoms with Gasteiger partial charge in [0, 0.05) is 11.6 Å². The standard InChI is InChI=1S/C24H24N2O5/c1-16(17-6-10-19(29-2)11-7-17)25-24(28)22(15-21-5-4-14-31-21)26-23(27)18-8-12-20(30-3)13-9-18/h4-16H,1-3H3,(H,25,28)(H,26,27)/b22-15-/t16-/m0/s1. The maximum absolute atomic E-state index is 13.0. The Morgan fingerprint density at radius 1 is 0.935 bits per heavy atom. The zero-order valence-corrected chi connectivity index (χ0v) is 17.5. The van der Waals surface area contributed by atoms with E-state index in [1.165, 1.54) is 12.3 Å². The molecule has 0 fully saturated rings. The minimum atomic E-state index is -0.443. The molecule has 0 unspecified atom stereocenters. The quantitative estimate of drug-likeness (QED) is 0.539. The first-order valence-electron chi connectivity index (χ1n) is 9.65. The van der Waals surface area contributed by atoms with Crippen LogP contribution in [0.15, 0.2) is 77.0 Å². The summed E-state index contributed by atoms with van der Waals surface area (Å²) in [6.07, 6.45) is 2.98. The predicted octanol–water partition coefficient (Wildman–Crippen LogP) is 3.95. The fourth-order valence-electron chi connectivity index (χ4n) is 2.86. The average molecular weight is 420 g/mol. The van der Waals surface area contributed by atoms with Crippen molar-refractivity contribution in [3.05, 3.63) is 89.5 Å². The van der Waals surface area contributed by atoms with Crippen LogP contribution in [0.3, 0.4) is 0 Å². The molecular weight excluding hydrogens is 396 g/mol. The number of hydrogen-bond donors (Lipinski definition) is 2. The van der Waals surface area contributed by atoms with Gasteiger partial charge in [-0.2, -0.15) is 0 Å². The Labute approximate surface area is 180 Å². The molecule has 3 aromatic rings. The second-order valence-electron chi connectivity index (χ2n) is 6.72. The highest BCUT2D eigenvalue weighted by atomic mass is 16.5. The van der Waals surface area contributed by atoms with E-state index in [9.17, 15) is 9.59 Å². The smallest absolute Gasteiger partial charge is 0.268 e. The van der Waals surface area contributed by atoms with Crippen LogP contribution in [0.25, 0.3) is 6.08 Å². The van der Waals surface area contributed by atoms with Crippen LogP contribution in [-0.4, -0.2) is 26.0 Å². The van der Waals surface area contributed by atoms with Crippen molar-refractivity contribution in [3.63, 3.8) is 0 Å². The van der Waals surface area contributed by atoms with Crippen LogP contribution in [-0.2, 0) is 4.79 Å². The number of furan rings is 1. The summed E-state index contributed by atoms with van der Waals surface area (Å²) in [6, 6.07) is 17.1. The minimum absolute atomic E-state index is 0.0659. The molecule has 0 spiro atoms. The Bertz CT molecular complexity index is 1040. The molecule has 7 heteroatoms. The summed E-state index contributed by atoms with van der Waals surface area (Å²) in [5.74, 6) is 0.938. The molecule has 0 saturated heterocycles. The molecule has 1 heterocycles. The third kappa shape index (κ3) is 5.76. The number of ether oxygens (including phenoxy) is 2. The number of hydrogen-bond acceptors (Lipinski definition) is 5. The van der Waals surface area contributed by atoms with Gasteiger partial charge in [0.25, 0.3) is 11.8 Å². The number of nitrogens with one attached hydrogen (secondary N) is 2. The molecule has 1 atom stereocenters. The number of methoxy groups -OCH3 is 2. The maximum Gasteiger partial charge on any atom is 0.268 e. The van der Waals surface area contributed by atoms with Gasteiger partial charge in [0.1, 0.15) is 23.0 Å². The highest BCUT2D eigenvalue weighted by Crippen LogP contribution is 2.18. The largest absolute Gasteiger partial charge is 0.497 e. The minimum Gasteiger partial charge on any atom is -0.497 e. The van der Waals surface area contributed by atoms with Gasteiger partial charge in [0.15, 0.2) is 0 Å². The van der Waals surface area contributed by atoms with E-state index >= 15 is 0 Å². The van der Waals surface area contributed by atoms with E-state index in [0.717, 1.165) is 11.3 Å². The van der Waals surface area contributed by atoms with Gasteiger partial charge in [0.05, 0.1) is 26.5 Å². The van der Waals surface area contributed by atoms with Crippen LogP contribution >= 0.6 is 0 Å². The van der Waals surface area contributed by atoms with Crippen LogP contribution in [0.1, 0.15) is 34.6 Å². The van der Waals surface area contributed by atoms with Gasteiger partial charge in [-0.15, -0.1) is 0 Å². The monoisotopic (exact) mass is 420 g/mol. The van der Waals surface area contributed by atoms with Crippen molar-refractivity contribution in [2.45, 2.75) is 13.0 Å². The normalized spacial score (nSPS) is 12.0. The lowest BCUT2D eigenvalue weighted by Gasteiger charge is -2.17. The Morgan fingerprint density at radius 3 is 2.10 bits per heavy atom. The van der Waals surface area contributed by atoms with Crippen LogP contribution in [0, 0.1) is 0 Å². The second-order valence-corrected chi connectivity index (χ2v) is 6.72. The molecule has 0 saturated carbocycles. The molecule has 3 rings (SSSR count). The molecule has 7 nitrogen and oxygen atoms in total. The summed E-state index contributed by atoms with van der Waals surface area (Å²) in [5, 5.41) is 5.57. The van der Waals surface area contributed by atoms with Gasteiger partial charge < -0.3 is 24.5 Å². The Kier molecular flexibility index (Phi) is 7.11. The van der Waals surface area contributed by atoms with E-state index < -0.39 is 11.8 Å². The summed E-state index contributed by atoms with van der Waals surface area (Å²) in [6.45, 7) is 1.86. The van der Waals surface area contributed by atoms with E-state index in [4.69, 9.17) is 13.9 Å². The molecule has 0 aliphatic rings. The zero-order chi connectivity index (χ0) is 22.2. The SMILES string of the molecule is COc1ccc(C(=O)N/C(=C\c2ccco2)C(=O)N[C@@H](C)c2ccc(OC)cc2)cc1. The van der Waals surface area contributed by atoms with E-state index in [1.807, 2.05) is 31.2 Å². The topological polar surface area (TPSA) is 89.8 Å². The third-order valence-corrected chi connectivity index (χ3v) is 4.64. The average Bonchev–Trinajstić information content (AvgIpc) is 3.31. The zero-order valence-electron chi connectivity index (χ0n) is 17.5. The first-order valence-corrected chi connectivity index (χ1v) is 9.65. The fourth-order valence-corrected chi connectivity index (χ4v) is 2.86. The van der Waals surface area contributed by atoms with Crippen molar-refractivity contribution in [3.8, 4) is 11.5 Å². The summed E-state index contributed by atoms with van der Waals surface area (Å²) >= 11 is 0. The Balaban J connectivity index is 1.77. The van der Waals surface area contributed by atoms with Crippen molar-refractivity contribution in [1.82, 2.24) is 10.6 Å². The van der Waals surface area contributed by atoms with Crippen LogP contribution < -0.4 is 20.1 Å². The van der Waals surface area contributed by atoms with Gasteiger partial charge in [-0.3, -0.25) is 9.59 Å². The van der Waals surface area contributed by atoms with Crippen molar-refractivity contribution in [2.75, 3.05) is 14.2 Å². The summed E-state index contributed by atoms with van der Waals surface area (Å²) in [7, 11) is 3.14. The van der Waals surface area contributed by atoms with Crippen LogP contribution in [0.2, 0.25) is 0 Å². The highest BCUT2D eigenvalue weighted by molar-refractivity contribution is 6.05. The molecule has 31 heavy (non-hydrogen) atoms. The molecule has 0 bridgehead atoms. The molecule has 2 aromatic carbocycles. The summed E-state index contributed by atoms with van der Waals surface area (Å²) in [5.41, 5.74) is 1.35. The van der Waals surface area contributed by atoms with Gasteiger partial charge in [-0.05, 0) is 61.0 Å². The number of carbonyl (C=O) groups is 2. The molecule has 2 amide bonds. The first-order chi connectivity index (χ1) is 15.0. The lowest BCUT2D eigenvalue weighted by Crippen LogP contribution is -2.36. The molecule has 2 N–H and O–H groups in total. The number of amides is 2. The van der Waals surface area contributed by atoms with Gasteiger partial charge in [-0.25, -0.2) is 0 Å². The van der Waals surface area contributed by atoms with Crippen LogP contribution in [0.5, 0.6) is 11.5 Å². The molecule has 160 valence electrons. The molecule has 0 radical (unpaired) electrons. The van der Waals surface area contributed by atoms with Gasteiger partial charge in [-0.1, -0.05) is 12.1 Å². The Morgan fingerprint density at radius 2 is 1.55 bits per heavy atom. The maximum atomic E-state index is 13.0. The number of benzene rings is 2. The van der Waals surface area contributed by atoms with Gasteiger partial charge >= 0.3 is 0 Å². The van der Waals surface area contributed by atoms with E-state index in [-0.39, 0.29) is 11.7 Å². The lowest BCUT2D eigenvalue weighted by atomic mass is 10.1.